The lowest BCUT2D eigenvalue weighted by Gasteiger charge is -2.42. The van der Waals surface area contributed by atoms with Crippen molar-refractivity contribution in [2.45, 2.75) is 70.9 Å². The summed E-state index contributed by atoms with van der Waals surface area (Å²) in [6, 6.07) is 0.203. The lowest BCUT2D eigenvalue weighted by molar-refractivity contribution is -0.142. The molecule has 0 bridgehead atoms. The number of hydrogen-bond acceptors (Lipinski definition) is 2. The predicted octanol–water partition coefficient (Wildman–Crippen LogP) is 2.42. The monoisotopic (exact) mass is 292 g/mol. The fourth-order valence-corrected chi connectivity index (χ4v) is 4.62. The van der Waals surface area contributed by atoms with Crippen LogP contribution in [0.5, 0.6) is 0 Å². The first-order valence-corrected chi connectivity index (χ1v) is 8.69. The maximum atomic E-state index is 13.0. The van der Waals surface area contributed by atoms with Crippen molar-refractivity contribution in [2.75, 3.05) is 13.1 Å². The minimum atomic E-state index is -0.158. The van der Waals surface area contributed by atoms with Gasteiger partial charge in [-0.05, 0) is 37.5 Å². The van der Waals surface area contributed by atoms with E-state index in [-0.39, 0.29) is 17.9 Å². The largest absolute Gasteiger partial charge is 0.337 e. The van der Waals surface area contributed by atoms with Gasteiger partial charge in [-0.15, -0.1) is 0 Å². The Labute approximate surface area is 127 Å². The summed E-state index contributed by atoms with van der Waals surface area (Å²) in [5, 5.41) is 0. The molecule has 2 aliphatic heterocycles. The maximum absolute atomic E-state index is 13.0. The average molecular weight is 292 g/mol. The van der Waals surface area contributed by atoms with E-state index >= 15 is 0 Å². The van der Waals surface area contributed by atoms with Gasteiger partial charge in [0.25, 0.3) is 0 Å². The molecule has 2 amide bonds. The molecule has 3 fully saturated rings. The Balaban J connectivity index is 1.82. The molecular weight excluding hydrogens is 264 g/mol. The maximum Gasteiger partial charge on any atom is 0.245 e. The SMILES string of the molecule is CC(C)C1CCCCC1N1CCC(=O)N2CCCC2C1=O. The third kappa shape index (κ3) is 2.69. The van der Waals surface area contributed by atoms with Crippen molar-refractivity contribution in [3.05, 3.63) is 0 Å². The van der Waals surface area contributed by atoms with Crippen molar-refractivity contribution in [2.24, 2.45) is 11.8 Å². The standard InChI is InChI=1S/C17H28N2O2/c1-12(2)13-6-3-4-7-14(13)19-11-9-16(20)18-10-5-8-15(18)17(19)21/h12-15H,3-11H2,1-2H3. The van der Waals surface area contributed by atoms with Crippen LogP contribution < -0.4 is 0 Å². The molecule has 2 saturated heterocycles. The Bertz CT molecular complexity index is 421. The number of rotatable bonds is 2. The Morgan fingerprint density at radius 1 is 0.952 bits per heavy atom. The highest BCUT2D eigenvalue weighted by Crippen LogP contribution is 2.35. The number of hydrogen-bond donors (Lipinski definition) is 0. The van der Waals surface area contributed by atoms with Crippen LogP contribution in [0, 0.1) is 11.8 Å². The molecule has 3 atom stereocenters. The van der Waals surface area contributed by atoms with Gasteiger partial charge in [-0.1, -0.05) is 26.7 Å². The van der Waals surface area contributed by atoms with E-state index in [4.69, 9.17) is 0 Å². The van der Waals surface area contributed by atoms with Crippen molar-refractivity contribution in [1.29, 1.82) is 0 Å². The number of nitrogens with zero attached hydrogens (tertiary/aromatic N) is 2. The molecule has 0 aromatic carbocycles. The number of carbonyl (C=O) groups excluding carboxylic acids is 2. The minimum Gasteiger partial charge on any atom is -0.337 e. The summed E-state index contributed by atoms with van der Waals surface area (Å²) in [6.07, 6.45) is 7.22. The Hall–Kier alpha value is -1.06. The molecule has 0 N–H and O–H groups in total. The van der Waals surface area contributed by atoms with E-state index in [9.17, 15) is 9.59 Å². The van der Waals surface area contributed by atoms with Crippen LogP contribution in [0.15, 0.2) is 0 Å². The van der Waals surface area contributed by atoms with E-state index in [1.54, 1.807) is 0 Å². The van der Waals surface area contributed by atoms with Crippen LogP contribution >= 0.6 is 0 Å². The van der Waals surface area contributed by atoms with E-state index in [1.165, 1.54) is 19.3 Å². The smallest absolute Gasteiger partial charge is 0.245 e. The Morgan fingerprint density at radius 3 is 2.48 bits per heavy atom. The summed E-state index contributed by atoms with van der Waals surface area (Å²) in [7, 11) is 0. The van der Waals surface area contributed by atoms with E-state index in [0.29, 0.717) is 30.8 Å². The third-order valence-corrected chi connectivity index (χ3v) is 5.75. The summed E-state index contributed by atoms with van der Waals surface area (Å²) in [5.41, 5.74) is 0. The zero-order valence-corrected chi connectivity index (χ0v) is 13.4. The van der Waals surface area contributed by atoms with Gasteiger partial charge in [0.05, 0.1) is 0 Å². The highest BCUT2D eigenvalue weighted by molar-refractivity contribution is 5.90. The zero-order valence-electron chi connectivity index (χ0n) is 13.4. The first-order valence-electron chi connectivity index (χ1n) is 8.69. The van der Waals surface area contributed by atoms with E-state index in [2.05, 4.69) is 18.7 Å². The van der Waals surface area contributed by atoms with E-state index in [1.807, 2.05) is 4.90 Å². The summed E-state index contributed by atoms with van der Waals surface area (Å²) >= 11 is 0. The molecule has 0 radical (unpaired) electrons. The van der Waals surface area contributed by atoms with Crippen molar-refractivity contribution in [3.8, 4) is 0 Å². The molecule has 0 aromatic heterocycles. The molecule has 0 aromatic rings. The van der Waals surface area contributed by atoms with Crippen molar-refractivity contribution in [1.82, 2.24) is 9.80 Å². The van der Waals surface area contributed by atoms with Gasteiger partial charge in [-0.25, -0.2) is 0 Å². The van der Waals surface area contributed by atoms with Crippen LogP contribution in [-0.4, -0.2) is 46.8 Å². The van der Waals surface area contributed by atoms with Crippen LogP contribution in [0.3, 0.4) is 0 Å². The number of carbonyl (C=O) groups is 2. The average Bonchev–Trinajstić information content (AvgIpc) is 2.93. The normalized spacial score (nSPS) is 34.3. The summed E-state index contributed by atoms with van der Waals surface area (Å²) in [6.45, 7) is 5.97. The molecule has 4 heteroatoms. The zero-order chi connectivity index (χ0) is 15.0. The molecular formula is C17H28N2O2. The quantitative estimate of drug-likeness (QED) is 0.784. The predicted molar refractivity (Wildman–Crippen MR) is 81.6 cm³/mol. The molecule has 1 saturated carbocycles. The van der Waals surface area contributed by atoms with E-state index < -0.39 is 0 Å². The fraction of sp³-hybridized carbons (Fsp3) is 0.882. The summed E-state index contributed by atoms with van der Waals surface area (Å²) in [4.78, 5) is 29.1. The van der Waals surface area contributed by atoms with Gasteiger partial charge in [0.2, 0.25) is 11.8 Å². The second-order valence-corrected chi connectivity index (χ2v) is 7.29. The van der Waals surface area contributed by atoms with Crippen molar-refractivity contribution < 1.29 is 9.59 Å². The van der Waals surface area contributed by atoms with Crippen molar-refractivity contribution >= 4 is 11.8 Å². The lowest BCUT2D eigenvalue weighted by Crippen LogP contribution is -2.51. The molecule has 3 aliphatic rings. The lowest BCUT2D eigenvalue weighted by atomic mass is 9.77. The number of fused-ring (bicyclic) bond motifs is 1. The van der Waals surface area contributed by atoms with Gasteiger partial charge in [0.15, 0.2) is 0 Å². The summed E-state index contributed by atoms with van der Waals surface area (Å²) < 4.78 is 0. The third-order valence-electron chi connectivity index (χ3n) is 5.75. The van der Waals surface area contributed by atoms with Crippen LogP contribution in [0.2, 0.25) is 0 Å². The molecule has 3 rings (SSSR count). The fourth-order valence-electron chi connectivity index (χ4n) is 4.62. The molecule has 118 valence electrons. The first kappa shape index (κ1) is 14.9. The van der Waals surface area contributed by atoms with Gasteiger partial charge in [0.1, 0.15) is 6.04 Å². The molecule has 1 aliphatic carbocycles. The van der Waals surface area contributed by atoms with Crippen LogP contribution in [-0.2, 0) is 9.59 Å². The molecule has 2 heterocycles. The second-order valence-electron chi connectivity index (χ2n) is 7.29. The Kier molecular flexibility index (Phi) is 4.23. The molecule has 21 heavy (non-hydrogen) atoms. The topological polar surface area (TPSA) is 40.6 Å². The van der Waals surface area contributed by atoms with Crippen LogP contribution in [0.4, 0.5) is 0 Å². The van der Waals surface area contributed by atoms with Gasteiger partial charge in [-0.3, -0.25) is 9.59 Å². The minimum absolute atomic E-state index is 0.158. The molecule has 0 spiro atoms. The Morgan fingerprint density at radius 2 is 1.71 bits per heavy atom. The van der Waals surface area contributed by atoms with Crippen molar-refractivity contribution in [3.63, 3.8) is 0 Å². The van der Waals surface area contributed by atoms with Gasteiger partial charge >= 0.3 is 0 Å². The second kappa shape index (κ2) is 5.98. The molecule has 3 unspecified atom stereocenters. The van der Waals surface area contributed by atoms with E-state index in [0.717, 1.165) is 25.8 Å². The highest BCUT2D eigenvalue weighted by atomic mass is 16.2. The van der Waals surface area contributed by atoms with Gasteiger partial charge < -0.3 is 9.80 Å². The van der Waals surface area contributed by atoms with Gasteiger partial charge in [0, 0.05) is 25.6 Å². The molecule has 4 nitrogen and oxygen atoms in total. The highest BCUT2D eigenvalue weighted by Gasteiger charge is 2.43. The number of amides is 2. The summed E-state index contributed by atoms with van der Waals surface area (Å²) in [5.74, 6) is 1.63. The first-order chi connectivity index (χ1) is 10.1. The van der Waals surface area contributed by atoms with Gasteiger partial charge in [-0.2, -0.15) is 0 Å². The van der Waals surface area contributed by atoms with Crippen LogP contribution in [0.1, 0.15) is 58.8 Å². The van der Waals surface area contributed by atoms with Crippen LogP contribution in [0.25, 0.3) is 0 Å².